The lowest BCUT2D eigenvalue weighted by atomic mass is 10.0. The van der Waals surface area contributed by atoms with E-state index in [1.807, 2.05) is 30.3 Å². The molecule has 1 aromatic rings. The number of nitrogens with one attached hydrogen (secondary N) is 3. The average molecular weight is 431 g/mol. The Bertz CT molecular complexity index is 817. The largest absolute Gasteiger partial charge is 0.371 e. The summed E-state index contributed by atoms with van der Waals surface area (Å²) in [6, 6.07) is 8.08. The van der Waals surface area contributed by atoms with Crippen LogP contribution >= 0.6 is 0 Å². The van der Waals surface area contributed by atoms with Crippen LogP contribution in [0.4, 0.5) is 0 Å². The molecule has 2 aliphatic heterocycles. The fourth-order valence-electron chi connectivity index (χ4n) is 4.07. The lowest BCUT2D eigenvalue weighted by molar-refractivity contribution is -0.142. The highest BCUT2D eigenvalue weighted by Gasteiger charge is 2.34. The molecule has 0 radical (unpaired) electrons. The minimum Gasteiger partial charge on any atom is -0.371 e. The van der Waals surface area contributed by atoms with Gasteiger partial charge in [-0.3, -0.25) is 19.8 Å². The Kier molecular flexibility index (Phi) is 7.45. The van der Waals surface area contributed by atoms with Gasteiger partial charge < -0.3 is 31.3 Å². The molecule has 0 aliphatic carbocycles. The maximum absolute atomic E-state index is 12.8. The summed E-state index contributed by atoms with van der Waals surface area (Å²) in [5.74, 6) is -1.14. The Morgan fingerprint density at radius 1 is 1.10 bits per heavy atom. The van der Waals surface area contributed by atoms with Crippen molar-refractivity contribution in [3.63, 3.8) is 0 Å². The standard InChI is InChI=1S/C21H30N6O4/c22-21(23)27-11-5-9-16(20(27)31)25-18(29)13-26-10-4-8-15(19(26)30)24-17(28)12-14-6-2-1-3-7-14/h1-3,6-7,15-16,20,31H,4-5,8-13H2,(H3,22,23)(H,24,28)(H,25,29)/t15-,16-,20?/m0/s1. The number of likely N-dealkylation sites (tertiary alicyclic amines) is 2. The number of carbonyl (C=O) groups excluding carboxylic acids is 3. The number of hydrogen-bond donors (Lipinski definition) is 5. The first-order chi connectivity index (χ1) is 14.8. The number of hydrogen-bond acceptors (Lipinski definition) is 5. The van der Waals surface area contributed by atoms with Crippen LogP contribution in [0.3, 0.4) is 0 Å². The van der Waals surface area contributed by atoms with E-state index in [1.54, 1.807) is 0 Å². The second kappa shape index (κ2) is 10.3. The van der Waals surface area contributed by atoms with E-state index in [0.717, 1.165) is 5.56 Å². The quantitative estimate of drug-likeness (QED) is 0.292. The van der Waals surface area contributed by atoms with Crippen molar-refractivity contribution in [1.29, 1.82) is 5.41 Å². The number of nitrogens with zero attached hydrogens (tertiary/aromatic N) is 2. The molecule has 2 heterocycles. The van der Waals surface area contributed by atoms with E-state index in [2.05, 4.69) is 10.6 Å². The molecule has 10 nitrogen and oxygen atoms in total. The highest BCUT2D eigenvalue weighted by molar-refractivity contribution is 5.91. The molecule has 0 bridgehead atoms. The molecule has 0 spiro atoms. The number of benzene rings is 1. The summed E-state index contributed by atoms with van der Waals surface area (Å²) >= 11 is 0. The summed E-state index contributed by atoms with van der Waals surface area (Å²) in [4.78, 5) is 40.4. The zero-order chi connectivity index (χ0) is 22.4. The molecule has 2 aliphatic rings. The molecule has 1 aromatic carbocycles. The van der Waals surface area contributed by atoms with Gasteiger partial charge in [-0.1, -0.05) is 30.3 Å². The van der Waals surface area contributed by atoms with E-state index >= 15 is 0 Å². The van der Waals surface area contributed by atoms with Crippen molar-refractivity contribution >= 4 is 23.7 Å². The van der Waals surface area contributed by atoms with Crippen LogP contribution in [-0.2, 0) is 20.8 Å². The highest BCUT2D eigenvalue weighted by Crippen LogP contribution is 2.16. The Morgan fingerprint density at radius 3 is 2.52 bits per heavy atom. The summed E-state index contributed by atoms with van der Waals surface area (Å²) in [5.41, 5.74) is 6.34. The first kappa shape index (κ1) is 22.5. The van der Waals surface area contributed by atoms with Crippen molar-refractivity contribution in [2.75, 3.05) is 19.6 Å². The molecule has 0 saturated carbocycles. The van der Waals surface area contributed by atoms with Crippen LogP contribution in [0.2, 0.25) is 0 Å². The van der Waals surface area contributed by atoms with Gasteiger partial charge in [-0.15, -0.1) is 0 Å². The number of aliphatic hydroxyl groups excluding tert-OH is 1. The lowest BCUT2D eigenvalue weighted by Gasteiger charge is -2.39. The number of nitrogens with two attached hydrogens (primary N) is 1. The topological polar surface area (TPSA) is 152 Å². The number of piperidine rings is 2. The van der Waals surface area contributed by atoms with Gasteiger partial charge in [0.1, 0.15) is 12.3 Å². The fraction of sp³-hybridized carbons (Fsp3) is 0.524. The molecule has 3 rings (SSSR count). The van der Waals surface area contributed by atoms with E-state index in [0.29, 0.717) is 38.8 Å². The van der Waals surface area contributed by atoms with Crippen molar-refractivity contribution in [2.45, 2.75) is 50.4 Å². The molecule has 10 heteroatoms. The molecule has 6 N–H and O–H groups in total. The van der Waals surface area contributed by atoms with E-state index in [-0.39, 0.29) is 36.6 Å². The fourth-order valence-corrected chi connectivity index (χ4v) is 4.07. The van der Waals surface area contributed by atoms with Crippen molar-refractivity contribution in [1.82, 2.24) is 20.4 Å². The molecule has 2 saturated heterocycles. The molecular weight excluding hydrogens is 400 g/mol. The zero-order valence-corrected chi connectivity index (χ0v) is 17.4. The van der Waals surface area contributed by atoms with E-state index in [1.165, 1.54) is 9.80 Å². The van der Waals surface area contributed by atoms with Gasteiger partial charge in [-0.2, -0.15) is 0 Å². The molecular formula is C21H30N6O4. The van der Waals surface area contributed by atoms with Crippen molar-refractivity contribution < 1.29 is 19.5 Å². The Hall–Kier alpha value is -3.14. The molecule has 31 heavy (non-hydrogen) atoms. The summed E-state index contributed by atoms with van der Waals surface area (Å²) in [5, 5.41) is 23.4. The van der Waals surface area contributed by atoms with Crippen LogP contribution in [0.15, 0.2) is 30.3 Å². The molecule has 3 amide bonds. The summed E-state index contributed by atoms with van der Waals surface area (Å²) in [6.07, 6.45) is 1.57. The minimum absolute atomic E-state index is 0.146. The van der Waals surface area contributed by atoms with Crippen LogP contribution in [0, 0.1) is 5.41 Å². The summed E-state index contributed by atoms with van der Waals surface area (Å²) < 4.78 is 0. The molecule has 3 atom stereocenters. The van der Waals surface area contributed by atoms with Crippen molar-refractivity contribution in [3.05, 3.63) is 35.9 Å². The Labute approximate surface area is 181 Å². The monoisotopic (exact) mass is 430 g/mol. The Balaban J connectivity index is 1.51. The van der Waals surface area contributed by atoms with E-state index in [4.69, 9.17) is 11.1 Å². The third kappa shape index (κ3) is 5.94. The second-order valence-corrected chi connectivity index (χ2v) is 7.99. The molecule has 2 fully saturated rings. The highest BCUT2D eigenvalue weighted by atomic mass is 16.3. The first-order valence-corrected chi connectivity index (χ1v) is 10.6. The van der Waals surface area contributed by atoms with Gasteiger partial charge in [0, 0.05) is 13.1 Å². The SMILES string of the molecule is N=C(N)N1CCC[C@H](NC(=O)CN2CCC[C@H](NC(=O)Cc3ccccc3)C2=O)C1O. The maximum Gasteiger partial charge on any atom is 0.245 e. The van der Waals surface area contributed by atoms with Gasteiger partial charge in [0.25, 0.3) is 0 Å². The minimum atomic E-state index is -1.07. The van der Waals surface area contributed by atoms with E-state index < -0.39 is 18.3 Å². The number of amides is 3. The predicted molar refractivity (Wildman–Crippen MR) is 114 cm³/mol. The molecule has 0 aromatic heterocycles. The lowest BCUT2D eigenvalue weighted by Crippen LogP contribution is -2.60. The van der Waals surface area contributed by atoms with E-state index in [9.17, 15) is 19.5 Å². The number of rotatable bonds is 6. The second-order valence-electron chi connectivity index (χ2n) is 7.99. The third-order valence-corrected chi connectivity index (χ3v) is 5.66. The zero-order valence-electron chi connectivity index (χ0n) is 17.4. The molecule has 168 valence electrons. The smallest absolute Gasteiger partial charge is 0.245 e. The van der Waals surface area contributed by atoms with Gasteiger partial charge in [-0.25, -0.2) is 0 Å². The third-order valence-electron chi connectivity index (χ3n) is 5.66. The van der Waals surface area contributed by atoms with Crippen LogP contribution < -0.4 is 16.4 Å². The summed E-state index contributed by atoms with van der Waals surface area (Å²) in [6.45, 7) is 0.745. The van der Waals surface area contributed by atoms with Crippen LogP contribution in [0.25, 0.3) is 0 Å². The predicted octanol–water partition coefficient (Wildman–Crippen LogP) is -0.871. The normalized spacial score (nSPS) is 23.9. The van der Waals surface area contributed by atoms with Gasteiger partial charge in [0.15, 0.2) is 5.96 Å². The summed E-state index contributed by atoms with van der Waals surface area (Å²) in [7, 11) is 0. The molecule has 1 unspecified atom stereocenters. The van der Waals surface area contributed by atoms with Crippen LogP contribution in [0.1, 0.15) is 31.2 Å². The van der Waals surface area contributed by atoms with Crippen LogP contribution in [-0.4, -0.2) is 76.5 Å². The first-order valence-electron chi connectivity index (χ1n) is 10.6. The number of aliphatic hydroxyl groups is 1. The van der Waals surface area contributed by atoms with Gasteiger partial charge in [0.2, 0.25) is 17.7 Å². The Morgan fingerprint density at radius 2 is 1.81 bits per heavy atom. The van der Waals surface area contributed by atoms with Crippen molar-refractivity contribution in [2.24, 2.45) is 5.73 Å². The number of guanidine groups is 1. The van der Waals surface area contributed by atoms with Gasteiger partial charge in [-0.05, 0) is 31.2 Å². The number of carbonyl (C=O) groups is 3. The van der Waals surface area contributed by atoms with Crippen molar-refractivity contribution in [3.8, 4) is 0 Å². The maximum atomic E-state index is 12.8. The van der Waals surface area contributed by atoms with Gasteiger partial charge >= 0.3 is 0 Å². The van der Waals surface area contributed by atoms with Crippen LogP contribution in [0.5, 0.6) is 0 Å². The van der Waals surface area contributed by atoms with Gasteiger partial charge in [0.05, 0.1) is 19.0 Å². The average Bonchev–Trinajstić information content (AvgIpc) is 2.73.